The largest absolute Gasteiger partial charge is 0.493 e. The number of hydrogen-bond donors (Lipinski definition) is 0. The summed E-state index contributed by atoms with van der Waals surface area (Å²) in [5.74, 6) is 2.49. The van der Waals surface area contributed by atoms with Gasteiger partial charge in [-0.05, 0) is 41.8 Å². The van der Waals surface area contributed by atoms with Gasteiger partial charge in [0.1, 0.15) is 17.7 Å². The lowest BCUT2D eigenvalue weighted by Crippen LogP contribution is -1.93. The van der Waals surface area contributed by atoms with E-state index in [1.807, 2.05) is 19.1 Å². The van der Waals surface area contributed by atoms with Crippen molar-refractivity contribution in [3.63, 3.8) is 0 Å². The molecule has 1 aromatic heterocycles. The molecule has 0 saturated heterocycles. The maximum absolute atomic E-state index is 5.67. The van der Waals surface area contributed by atoms with Gasteiger partial charge < -0.3 is 18.7 Å². The number of ether oxygens (including phenoxy) is 3. The van der Waals surface area contributed by atoms with Gasteiger partial charge in [-0.1, -0.05) is 17.3 Å². The summed E-state index contributed by atoms with van der Waals surface area (Å²) in [6.45, 7) is 3.00. The molecule has 0 N–H and O–H groups in total. The summed E-state index contributed by atoms with van der Waals surface area (Å²) in [7, 11) is 0. The Kier molecular flexibility index (Phi) is 2.82. The predicted molar refractivity (Wildman–Crippen MR) is 87.4 cm³/mol. The Morgan fingerprint density at radius 3 is 2.83 bits per heavy atom. The summed E-state index contributed by atoms with van der Waals surface area (Å²) in [6.07, 6.45) is 2.64. The highest BCUT2D eigenvalue weighted by Gasteiger charge is 2.21. The van der Waals surface area contributed by atoms with Crippen LogP contribution in [0.2, 0.25) is 0 Å². The highest BCUT2D eigenvalue weighted by Crippen LogP contribution is 2.42. The molecule has 5 rings (SSSR count). The number of benzene rings is 2. The molecular weight excluding hydrogens is 306 g/mol. The molecule has 0 bridgehead atoms. The second-order valence-electron chi connectivity index (χ2n) is 6.02. The fourth-order valence-electron chi connectivity index (χ4n) is 3.31. The number of aryl methyl sites for hydroxylation is 1. The zero-order valence-electron chi connectivity index (χ0n) is 13.2. The van der Waals surface area contributed by atoms with Crippen molar-refractivity contribution in [2.45, 2.75) is 13.3 Å². The summed E-state index contributed by atoms with van der Waals surface area (Å²) in [5.41, 5.74) is 5.96. The Morgan fingerprint density at radius 1 is 0.958 bits per heavy atom. The monoisotopic (exact) mass is 321 g/mol. The molecule has 24 heavy (non-hydrogen) atoms. The lowest BCUT2D eigenvalue weighted by Gasteiger charge is -2.07. The number of nitrogens with zero attached hydrogens (tertiary/aromatic N) is 1. The molecule has 5 nitrogen and oxygen atoms in total. The van der Waals surface area contributed by atoms with Gasteiger partial charge in [0.15, 0.2) is 11.5 Å². The van der Waals surface area contributed by atoms with Crippen LogP contribution in [0.1, 0.15) is 11.1 Å². The van der Waals surface area contributed by atoms with Crippen molar-refractivity contribution in [1.29, 1.82) is 0 Å². The van der Waals surface area contributed by atoms with Crippen molar-refractivity contribution in [2.24, 2.45) is 0 Å². The van der Waals surface area contributed by atoms with Crippen molar-refractivity contribution < 1.29 is 18.7 Å². The average molecular weight is 321 g/mol. The molecule has 120 valence electrons. The van der Waals surface area contributed by atoms with E-state index < -0.39 is 0 Å². The maximum Gasteiger partial charge on any atom is 0.231 e. The van der Waals surface area contributed by atoms with Crippen molar-refractivity contribution in [1.82, 2.24) is 5.16 Å². The Balaban J connectivity index is 1.62. The zero-order valence-corrected chi connectivity index (χ0v) is 13.2. The van der Waals surface area contributed by atoms with Crippen molar-refractivity contribution >= 4 is 0 Å². The van der Waals surface area contributed by atoms with E-state index in [0.29, 0.717) is 0 Å². The van der Waals surface area contributed by atoms with Gasteiger partial charge in [-0.2, -0.15) is 0 Å². The third-order valence-corrected chi connectivity index (χ3v) is 4.51. The van der Waals surface area contributed by atoms with Crippen LogP contribution in [0, 0.1) is 6.92 Å². The predicted octanol–water partition coefficient (Wildman–Crippen LogP) is 3.98. The molecular formula is C19H15NO4. The third-order valence-electron chi connectivity index (χ3n) is 4.51. The minimum atomic E-state index is 0.257. The molecule has 0 aliphatic carbocycles. The summed E-state index contributed by atoms with van der Waals surface area (Å²) in [6, 6.07) is 10.2. The highest BCUT2D eigenvalue weighted by molar-refractivity contribution is 5.82. The molecule has 0 fully saturated rings. The SMILES string of the molecule is Cc1cc(-c2nocc2-c2ccc3c(c2)OCC3)cc2c1OCO2. The molecule has 5 heteroatoms. The molecule has 3 heterocycles. The van der Waals surface area contributed by atoms with E-state index >= 15 is 0 Å². The Bertz CT molecular complexity index is 945. The third kappa shape index (κ3) is 1.98. The molecule has 0 saturated carbocycles. The quantitative estimate of drug-likeness (QED) is 0.714. The van der Waals surface area contributed by atoms with Gasteiger partial charge in [-0.25, -0.2) is 0 Å². The zero-order chi connectivity index (χ0) is 16.1. The van der Waals surface area contributed by atoms with Gasteiger partial charge in [0, 0.05) is 17.5 Å². The van der Waals surface area contributed by atoms with E-state index in [2.05, 4.69) is 23.4 Å². The van der Waals surface area contributed by atoms with Crippen LogP contribution in [0.25, 0.3) is 22.4 Å². The van der Waals surface area contributed by atoms with E-state index in [0.717, 1.165) is 58.2 Å². The van der Waals surface area contributed by atoms with Crippen LogP contribution in [0.5, 0.6) is 17.2 Å². The van der Waals surface area contributed by atoms with Gasteiger partial charge >= 0.3 is 0 Å². The number of rotatable bonds is 2. The minimum Gasteiger partial charge on any atom is -0.493 e. The normalized spacial score (nSPS) is 14.5. The molecule has 0 atom stereocenters. The Morgan fingerprint density at radius 2 is 1.88 bits per heavy atom. The first-order chi connectivity index (χ1) is 11.8. The molecule has 0 unspecified atom stereocenters. The van der Waals surface area contributed by atoms with Crippen LogP contribution >= 0.6 is 0 Å². The topological polar surface area (TPSA) is 53.7 Å². The number of aromatic nitrogens is 1. The molecule has 2 aliphatic heterocycles. The van der Waals surface area contributed by atoms with Crippen LogP contribution < -0.4 is 14.2 Å². The Labute approximate surface area is 138 Å². The van der Waals surface area contributed by atoms with Crippen LogP contribution in [-0.4, -0.2) is 18.6 Å². The highest BCUT2D eigenvalue weighted by atomic mass is 16.7. The lowest BCUT2D eigenvalue weighted by molar-refractivity contribution is 0.173. The molecule has 2 aliphatic rings. The van der Waals surface area contributed by atoms with Gasteiger partial charge in [0.05, 0.1) is 6.61 Å². The minimum absolute atomic E-state index is 0.257. The van der Waals surface area contributed by atoms with Crippen molar-refractivity contribution in [3.8, 4) is 39.6 Å². The molecule has 0 spiro atoms. The van der Waals surface area contributed by atoms with Crippen LogP contribution in [0.4, 0.5) is 0 Å². The summed E-state index contributed by atoms with van der Waals surface area (Å²) < 4.78 is 22.0. The Hall–Kier alpha value is -2.95. The van der Waals surface area contributed by atoms with Gasteiger partial charge in [-0.15, -0.1) is 0 Å². The second-order valence-corrected chi connectivity index (χ2v) is 6.02. The van der Waals surface area contributed by atoms with Crippen molar-refractivity contribution in [3.05, 3.63) is 47.7 Å². The summed E-state index contributed by atoms with van der Waals surface area (Å²) in [4.78, 5) is 0. The maximum atomic E-state index is 5.67. The molecule has 2 aromatic carbocycles. The van der Waals surface area contributed by atoms with Gasteiger partial charge in [-0.3, -0.25) is 0 Å². The van der Waals surface area contributed by atoms with Crippen molar-refractivity contribution in [2.75, 3.05) is 13.4 Å². The van der Waals surface area contributed by atoms with Crippen LogP contribution in [0.3, 0.4) is 0 Å². The fourth-order valence-corrected chi connectivity index (χ4v) is 3.31. The van der Waals surface area contributed by atoms with E-state index in [-0.39, 0.29) is 6.79 Å². The molecule has 0 radical (unpaired) electrons. The summed E-state index contributed by atoms with van der Waals surface area (Å²) >= 11 is 0. The molecule has 3 aromatic rings. The second kappa shape index (κ2) is 5.03. The number of fused-ring (bicyclic) bond motifs is 2. The average Bonchev–Trinajstić information content (AvgIpc) is 3.33. The van der Waals surface area contributed by atoms with E-state index in [1.165, 1.54) is 5.56 Å². The van der Waals surface area contributed by atoms with E-state index in [9.17, 15) is 0 Å². The van der Waals surface area contributed by atoms with Gasteiger partial charge in [0.2, 0.25) is 6.79 Å². The van der Waals surface area contributed by atoms with Crippen LogP contribution in [0.15, 0.2) is 41.1 Å². The van der Waals surface area contributed by atoms with E-state index in [4.69, 9.17) is 18.7 Å². The first-order valence-electron chi connectivity index (χ1n) is 7.91. The van der Waals surface area contributed by atoms with Gasteiger partial charge in [0.25, 0.3) is 0 Å². The van der Waals surface area contributed by atoms with Crippen LogP contribution in [-0.2, 0) is 6.42 Å². The first kappa shape index (κ1) is 13.5. The standard InChI is InChI=1S/C19H15NO4/c1-11-6-14(8-17-19(11)23-10-22-17)18-15(9-24-20-18)13-3-2-12-4-5-21-16(12)7-13/h2-3,6-9H,4-5,10H2,1H3. The first-order valence-corrected chi connectivity index (χ1v) is 7.91. The fraction of sp³-hybridized carbons (Fsp3) is 0.211. The summed E-state index contributed by atoms with van der Waals surface area (Å²) in [5, 5.41) is 4.21. The number of hydrogen-bond acceptors (Lipinski definition) is 5. The van der Waals surface area contributed by atoms with E-state index in [1.54, 1.807) is 6.26 Å². The smallest absolute Gasteiger partial charge is 0.231 e. The molecule has 0 amide bonds. The lowest BCUT2D eigenvalue weighted by atomic mass is 9.98.